The maximum absolute atomic E-state index is 12.1. The lowest BCUT2D eigenvalue weighted by Crippen LogP contribution is -2.18. The first kappa shape index (κ1) is 17.0. The molecule has 0 aliphatic heterocycles. The first-order valence-electron chi connectivity index (χ1n) is 6.85. The van der Waals surface area contributed by atoms with E-state index in [1.54, 1.807) is 30.3 Å². The third kappa shape index (κ3) is 4.30. The van der Waals surface area contributed by atoms with Crippen molar-refractivity contribution in [1.29, 1.82) is 0 Å². The molecule has 0 spiro atoms. The average Bonchev–Trinajstić information content (AvgIpc) is 2.55. The number of rotatable bonds is 6. The van der Waals surface area contributed by atoms with Crippen LogP contribution in [0, 0.1) is 6.92 Å². The van der Waals surface area contributed by atoms with E-state index in [-0.39, 0.29) is 11.5 Å². The highest BCUT2D eigenvalue weighted by Crippen LogP contribution is 2.19. The largest absolute Gasteiger partial charge is 0.496 e. The summed E-state index contributed by atoms with van der Waals surface area (Å²) in [7, 11) is -2.19. The van der Waals surface area contributed by atoms with E-state index in [9.17, 15) is 13.5 Å². The van der Waals surface area contributed by atoms with Gasteiger partial charge in [0, 0.05) is 5.56 Å². The molecule has 0 aromatic heterocycles. The van der Waals surface area contributed by atoms with E-state index in [1.165, 1.54) is 25.5 Å². The van der Waals surface area contributed by atoms with E-state index in [0.717, 1.165) is 5.56 Å². The van der Waals surface area contributed by atoms with E-state index < -0.39 is 10.0 Å². The number of hydrogen-bond acceptors (Lipinski definition) is 5. The van der Waals surface area contributed by atoms with Crippen LogP contribution in [0.25, 0.3) is 0 Å². The maximum atomic E-state index is 12.1. The van der Waals surface area contributed by atoms with Crippen molar-refractivity contribution in [3.8, 4) is 5.75 Å². The average molecular weight is 334 g/mol. The number of sulfonamides is 1. The van der Waals surface area contributed by atoms with Gasteiger partial charge in [-0.25, -0.2) is 4.83 Å². The summed E-state index contributed by atoms with van der Waals surface area (Å²) in [5.74, 6) is 0.560. The summed E-state index contributed by atoms with van der Waals surface area (Å²) in [5.41, 5.74) is 2.21. The smallest absolute Gasteiger partial charge is 0.276 e. The Morgan fingerprint density at radius 3 is 2.52 bits per heavy atom. The van der Waals surface area contributed by atoms with Crippen LogP contribution in [0.15, 0.2) is 52.5 Å². The van der Waals surface area contributed by atoms with Crippen LogP contribution in [0.1, 0.15) is 16.7 Å². The van der Waals surface area contributed by atoms with Gasteiger partial charge < -0.3 is 9.84 Å². The molecule has 0 saturated heterocycles. The third-order valence-electron chi connectivity index (χ3n) is 3.19. The summed E-state index contributed by atoms with van der Waals surface area (Å²) in [6.45, 7) is 1.70. The fourth-order valence-corrected chi connectivity index (χ4v) is 2.73. The van der Waals surface area contributed by atoms with Crippen LogP contribution < -0.4 is 9.57 Å². The predicted molar refractivity (Wildman–Crippen MR) is 88.0 cm³/mol. The van der Waals surface area contributed by atoms with Gasteiger partial charge in [0.2, 0.25) is 0 Å². The van der Waals surface area contributed by atoms with Crippen LogP contribution in [0.3, 0.4) is 0 Å². The zero-order valence-electron chi connectivity index (χ0n) is 12.9. The number of nitrogens with zero attached hydrogens (tertiary/aromatic N) is 1. The Bertz CT molecular complexity index is 799. The number of hydrogen-bond donors (Lipinski definition) is 2. The molecule has 2 aromatic rings. The van der Waals surface area contributed by atoms with Crippen LogP contribution in [0.2, 0.25) is 0 Å². The van der Waals surface area contributed by atoms with Crippen molar-refractivity contribution in [3.05, 3.63) is 59.2 Å². The topological polar surface area (TPSA) is 88.0 Å². The van der Waals surface area contributed by atoms with Gasteiger partial charge >= 0.3 is 0 Å². The Balaban J connectivity index is 2.13. The van der Waals surface area contributed by atoms with Gasteiger partial charge in [0.15, 0.2) is 0 Å². The minimum atomic E-state index is -3.70. The number of benzene rings is 2. The maximum Gasteiger partial charge on any atom is 0.276 e. The molecule has 0 amide bonds. The lowest BCUT2D eigenvalue weighted by molar-refractivity contribution is 0.274. The number of aliphatic hydroxyl groups excluding tert-OH is 1. The van der Waals surface area contributed by atoms with Crippen LogP contribution in [0.4, 0.5) is 0 Å². The van der Waals surface area contributed by atoms with Crippen molar-refractivity contribution in [2.24, 2.45) is 5.10 Å². The van der Waals surface area contributed by atoms with Gasteiger partial charge in [-0.1, -0.05) is 17.7 Å². The van der Waals surface area contributed by atoms with Crippen LogP contribution in [-0.2, 0) is 16.6 Å². The molecule has 0 saturated carbocycles. The number of ether oxygens (including phenoxy) is 1. The standard InChI is InChI=1S/C16H18N2O4S/c1-12-3-6-15(7-4-12)23(20,21)18-17-10-13-5-8-16(22-2)14(9-13)11-19/h3-10,18-19H,11H2,1-2H3/b17-10+. The van der Waals surface area contributed by atoms with Gasteiger partial charge in [-0.15, -0.1) is 0 Å². The SMILES string of the molecule is COc1ccc(/C=N/NS(=O)(=O)c2ccc(C)cc2)cc1CO. The molecule has 0 heterocycles. The molecule has 0 atom stereocenters. The fraction of sp³-hybridized carbons (Fsp3) is 0.188. The molecule has 0 bridgehead atoms. The van der Waals surface area contributed by atoms with E-state index in [2.05, 4.69) is 9.93 Å². The number of aliphatic hydroxyl groups is 1. The molecule has 0 radical (unpaired) electrons. The number of nitrogens with one attached hydrogen (secondary N) is 1. The van der Waals surface area contributed by atoms with Crippen molar-refractivity contribution in [1.82, 2.24) is 4.83 Å². The molecule has 2 rings (SSSR count). The third-order valence-corrected chi connectivity index (χ3v) is 4.43. The normalized spacial score (nSPS) is 11.6. The van der Waals surface area contributed by atoms with Crippen LogP contribution in [-0.4, -0.2) is 26.8 Å². The molecule has 23 heavy (non-hydrogen) atoms. The van der Waals surface area contributed by atoms with Crippen molar-refractivity contribution in [3.63, 3.8) is 0 Å². The fourth-order valence-electron chi connectivity index (χ4n) is 1.94. The van der Waals surface area contributed by atoms with E-state index in [4.69, 9.17) is 4.74 Å². The Kier molecular flexibility index (Phi) is 5.36. The van der Waals surface area contributed by atoms with Gasteiger partial charge in [0.25, 0.3) is 10.0 Å². The Morgan fingerprint density at radius 1 is 1.22 bits per heavy atom. The lowest BCUT2D eigenvalue weighted by Gasteiger charge is -2.07. The summed E-state index contributed by atoms with van der Waals surface area (Å²) < 4.78 is 29.2. The number of hydrazone groups is 1. The minimum Gasteiger partial charge on any atom is -0.496 e. The van der Waals surface area contributed by atoms with Crippen molar-refractivity contribution in [2.75, 3.05) is 7.11 Å². The predicted octanol–water partition coefficient (Wildman–Crippen LogP) is 1.81. The molecule has 0 aliphatic carbocycles. The van der Waals surface area contributed by atoms with Gasteiger partial charge in [0.05, 0.1) is 24.8 Å². The molecular weight excluding hydrogens is 316 g/mol. The second-order valence-electron chi connectivity index (χ2n) is 4.90. The Hall–Kier alpha value is -2.38. The van der Waals surface area contributed by atoms with Crippen molar-refractivity contribution >= 4 is 16.2 Å². The highest BCUT2D eigenvalue weighted by atomic mass is 32.2. The molecular formula is C16H18N2O4S. The lowest BCUT2D eigenvalue weighted by atomic mass is 10.1. The molecule has 2 aromatic carbocycles. The van der Waals surface area contributed by atoms with Gasteiger partial charge in [-0.2, -0.15) is 13.5 Å². The van der Waals surface area contributed by atoms with E-state index in [0.29, 0.717) is 16.9 Å². The molecule has 7 heteroatoms. The minimum absolute atomic E-state index is 0.144. The zero-order valence-corrected chi connectivity index (χ0v) is 13.7. The first-order chi connectivity index (χ1) is 11.0. The van der Waals surface area contributed by atoms with Gasteiger partial charge in [0.1, 0.15) is 5.75 Å². The molecule has 0 unspecified atom stereocenters. The Labute approximate surface area is 135 Å². The Morgan fingerprint density at radius 2 is 1.91 bits per heavy atom. The second kappa shape index (κ2) is 7.26. The summed E-state index contributed by atoms with van der Waals surface area (Å²) in [6, 6.07) is 11.5. The van der Waals surface area contributed by atoms with Gasteiger partial charge in [-0.3, -0.25) is 0 Å². The van der Waals surface area contributed by atoms with E-state index in [1.807, 2.05) is 6.92 Å². The zero-order chi connectivity index (χ0) is 16.9. The van der Waals surface area contributed by atoms with Crippen LogP contribution >= 0.6 is 0 Å². The monoisotopic (exact) mass is 334 g/mol. The number of methoxy groups -OCH3 is 1. The summed E-state index contributed by atoms with van der Waals surface area (Å²) in [4.78, 5) is 2.30. The van der Waals surface area contributed by atoms with Crippen molar-refractivity contribution in [2.45, 2.75) is 18.4 Å². The summed E-state index contributed by atoms with van der Waals surface area (Å²) in [6.07, 6.45) is 1.37. The summed E-state index contributed by atoms with van der Waals surface area (Å²) in [5, 5.41) is 13.0. The van der Waals surface area contributed by atoms with Crippen molar-refractivity contribution < 1.29 is 18.3 Å². The summed E-state index contributed by atoms with van der Waals surface area (Å²) >= 11 is 0. The second-order valence-corrected chi connectivity index (χ2v) is 6.56. The van der Waals surface area contributed by atoms with Crippen LogP contribution in [0.5, 0.6) is 5.75 Å². The molecule has 6 nitrogen and oxygen atoms in total. The first-order valence-corrected chi connectivity index (χ1v) is 8.34. The molecule has 2 N–H and O–H groups in total. The highest BCUT2D eigenvalue weighted by Gasteiger charge is 2.11. The molecule has 0 fully saturated rings. The molecule has 122 valence electrons. The highest BCUT2D eigenvalue weighted by molar-refractivity contribution is 7.89. The number of aryl methyl sites for hydroxylation is 1. The quantitative estimate of drug-likeness (QED) is 0.623. The van der Waals surface area contributed by atoms with Gasteiger partial charge in [-0.05, 0) is 42.8 Å². The molecule has 0 aliphatic rings. The van der Waals surface area contributed by atoms with E-state index >= 15 is 0 Å².